The number of ether oxygens (including phenoxy) is 6. The third-order valence-corrected chi connectivity index (χ3v) is 32.2. The van der Waals surface area contributed by atoms with E-state index in [1.54, 1.807) is 108 Å². The normalized spacial score (nSPS) is 13.3. The summed E-state index contributed by atoms with van der Waals surface area (Å²) in [5.74, 6) is 2.22. The van der Waals surface area contributed by atoms with Crippen molar-refractivity contribution >= 4 is 203 Å². The molecule has 0 spiro atoms. The van der Waals surface area contributed by atoms with E-state index < -0.39 is 6.04 Å². The first-order valence-corrected chi connectivity index (χ1v) is 52.5. The van der Waals surface area contributed by atoms with Crippen molar-refractivity contribution in [3.63, 3.8) is 0 Å². The molecule has 34 heteroatoms. The van der Waals surface area contributed by atoms with Crippen LogP contribution in [0.15, 0.2) is 260 Å². The third-order valence-electron chi connectivity index (χ3n) is 25.7. The fourth-order valence-electron chi connectivity index (χ4n) is 17.6. The number of aromatic amines is 5. The molecular formula is C112H101N15O13S6. The Labute approximate surface area is 860 Å². The highest BCUT2D eigenvalue weighted by molar-refractivity contribution is 7.24. The summed E-state index contributed by atoms with van der Waals surface area (Å²) in [6, 6.07) is 82.7. The Morgan fingerprint density at radius 2 is 0.692 bits per heavy atom. The number of thiophene rings is 6. The summed E-state index contributed by atoms with van der Waals surface area (Å²) < 4.78 is 38.9. The number of aliphatic hydroxyl groups excluding tert-OH is 2. The van der Waals surface area contributed by atoms with Crippen molar-refractivity contribution in [1.82, 2.24) is 77.6 Å². The van der Waals surface area contributed by atoms with E-state index in [-0.39, 0.29) is 60.8 Å². The van der Waals surface area contributed by atoms with Crippen LogP contribution in [0.2, 0.25) is 0 Å². The molecule has 12 heterocycles. The van der Waals surface area contributed by atoms with Gasteiger partial charge >= 0.3 is 0 Å². The quantitative estimate of drug-likeness (QED) is 0.0227. The summed E-state index contributed by atoms with van der Waals surface area (Å²) in [5, 5.41) is 84.4. The molecule has 0 bridgehead atoms. The minimum Gasteiger partial charge on any atom is -0.496 e. The summed E-state index contributed by atoms with van der Waals surface area (Å²) in [6.45, 7) is 6.08. The molecule has 3 atom stereocenters. The van der Waals surface area contributed by atoms with Crippen molar-refractivity contribution in [3.8, 4) is 81.6 Å². The van der Waals surface area contributed by atoms with Crippen molar-refractivity contribution < 1.29 is 62.6 Å². The Kier molecular flexibility index (Phi) is 29.5. The summed E-state index contributed by atoms with van der Waals surface area (Å²) >= 11 is 10.0. The van der Waals surface area contributed by atoms with Crippen molar-refractivity contribution in [2.75, 3.05) is 68.5 Å². The lowest BCUT2D eigenvalue weighted by Gasteiger charge is -2.20. The highest BCUT2D eigenvalue weighted by atomic mass is 32.1. The maximum atomic E-state index is 13.2. The lowest BCUT2D eigenvalue weighted by atomic mass is 10.0. The van der Waals surface area contributed by atoms with Gasteiger partial charge in [-0.3, -0.25) is 49.5 Å². The molecule has 146 heavy (non-hydrogen) atoms. The summed E-state index contributed by atoms with van der Waals surface area (Å²) in [7, 11) is 7.79. The monoisotopic (exact) mass is 2060 g/mol. The number of methoxy groups -OCH3 is 5. The summed E-state index contributed by atoms with van der Waals surface area (Å²) in [6.07, 6.45) is 4.52. The summed E-state index contributed by atoms with van der Waals surface area (Å²) in [5.41, 5.74) is 11.5. The van der Waals surface area contributed by atoms with Gasteiger partial charge in [0.05, 0.1) is 153 Å². The maximum Gasteiger partial charge on any atom is 0.255 e. The zero-order valence-corrected chi connectivity index (χ0v) is 85.3. The van der Waals surface area contributed by atoms with Crippen LogP contribution in [0.5, 0.6) is 28.7 Å². The van der Waals surface area contributed by atoms with E-state index in [0.717, 1.165) is 155 Å². The van der Waals surface area contributed by atoms with Gasteiger partial charge in [-0.2, -0.15) is 25.5 Å². The molecule has 11 aromatic carbocycles. The number of carbonyl (C=O) groups excluding carboxylic acids is 5. The van der Waals surface area contributed by atoms with E-state index in [1.807, 2.05) is 165 Å². The molecule has 1 aliphatic carbocycles. The molecule has 2 fully saturated rings. The Morgan fingerprint density at radius 3 is 0.986 bits per heavy atom. The molecule has 1 saturated carbocycles. The number of hydrogen-bond donors (Lipinski definition) is 12. The van der Waals surface area contributed by atoms with Crippen LogP contribution in [0.3, 0.4) is 0 Å². The first kappa shape index (κ1) is 97.9. The van der Waals surface area contributed by atoms with Gasteiger partial charge in [-0.1, -0.05) is 141 Å². The number of aromatic nitrogens is 10. The van der Waals surface area contributed by atoms with Gasteiger partial charge in [0.2, 0.25) is 0 Å². The molecule has 1 unspecified atom stereocenters. The van der Waals surface area contributed by atoms with Crippen LogP contribution in [0, 0.1) is 11.8 Å². The van der Waals surface area contributed by atoms with Crippen molar-refractivity contribution in [2.24, 2.45) is 11.8 Å². The molecule has 22 aromatic rings. The highest BCUT2D eigenvalue weighted by Crippen LogP contribution is 2.45. The molecule has 12 N–H and O–H groups in total. The number of fused-ring (bicyclic) bond motifs is 10. The fraction of sp³-hybridized carbons (Fsp3) is 0.196. The summed E-state index contributed by atoms with van der Waals surface area (Å²) in [4.78, 5) is 70.9. The van der Waals surface area contributed by atoms with Gasteiger partial charge in [0.15, 0.2) is 0 Å². The van der Waals surface area contributed by atoms with Gasteiger partial charge in [-0.05, 0) is 172 Å². The molecule has 11 aromatic heterocycles. The van der Waals surface area contributed by atoms with Crippen molar-refractivity contribution in [1.29, 1.82) is 0 Å². The Morgan fingerprint density at radius 1 is 0.370 bits per heavy atom. The van der Waals surface area contributed by atoms with Crippen LogP contribution >= 0.6 is 68.0 Å². The predicted molar refractivity (Wildman–Crippen MR) is 586 cm³/mol. The average molecular weight is 2060 g/mol. The second-order valence-electron chi connectivity index (χ2n) is 35.5. The van der Waals surface area contributed by atoms with Crippen LogP contribution in [0.4, 0.5) is 0 Å². The van der Waals surface area contributed by atoms with Gasteiger partial charge in [0.25, 0.3) is 29.5 Å². The lowest BCUT2D eigenvalue weighted by molar-refractivity contribution is 0.0854. The highest BCUT2D eigenvalue weighted by Gasteiger charge is 2.30. The Bertz CT molecular complexity index is 8370. The van der Waals surface area contributed by atoms with Crippen LogP contribution in [0.25, 0.3) is 158 Å². The lowest BCUT2D eigenvalue weighted by Crippen LogP contribution is -2.41. The maximum absolute atomic E-state index is 13.2. The van der Waals surface area contributed by atoms with Crippen molar-refractivity contribution in [2.45, 2.75) is 64.3 Å². The van der Waals surface area contributed by atoms with Crippen molar-refractivity contribution in [3.05, 3.63) is 298 Å². The number of benzene rings is 11. The molecule has 28 nitrogen and oxygen atoms in total. The number of nitrogens with one attached hydrogen (secondary N) is 10. The molecule has 1 aliphatic heterocycles. The number of aliphatic hydroxyl groups is 2. The van der Waals surface area contributed by atoms with Gasteiger partial charge in [-0.15, -0.1) is 68.0 Å². The van der Waals surface area contributed by atoms with E-state index >= 15 is 0 Å². The zero-order chi connectivity index (χ0) is 101. The van der Waals surface area contributed by atoms with E-state index in [0.29, 0.717) is 75.6 Å². The van der Waals surface area contributed by atoms with Crippen LogP contribution < -0.4 is 50.3 Å². The predicted octanol–water partition coefficient (Wildman–Crippen LogP) is 23.5. The number of amides is 5. The molecule has 0 radical (unpaired) electrons. The van der Waals surface area contributed by atoms with E-state index in [2.05, 4.69) is 169 Å². The van der Waals surface area contributed by atoms with E-state index in [4.69, 9.17) is 28.4 Å². The first-order valence-electron chi connectivity index (χ1n) is 47.5. The molecule has 5 amide bonds. The number of nitrogens with zero attached hydrogens (tertiary/aromatic N) is 5. The third kappa shape index (κ3) is 21.1. The molecule has 738 valence electrons. The smallest absolute Gasteiger partial charge is 0.255 e. The number of H-pyrrole nitrogens is 5. The molecule has 2 aliphatic rings. The second kappa shape index (κ2) is 44.0. The SMILES string of the molecule is COc1cc2[nH]nc(-c3cc4ccccc4s3)c2cc1C(=O)NCC1CC1.COc1cc2[nH]nc(-c3cc4ccccc4s3)c2cc1C(=O)NCC1CCCO1.COc1cc2[nH]nc(-c3cc4ccccc4s3)c2cc1C(=O)NCc1cccs1.COc1cc2[nH]nc(-c3cc4ccccc4s3)c2cc1C(=O)N[C@H](CO)C(C)C.COc1cc2[nH]nc(-c3cc4ccccc4s3)c2cc1C(=O)N[C@H](CO)c1ccccc1. The van der Waals surface area contributed by atoms with Crippen LogP contribution in [-0.4, -0.2) is 171 Å². The van der Waals surface area contributed by atoms with E-state index in [1.165, 1.54) is 66.7 Å². The second-order valence-corrected chi connectivity index (χ2v) is 41.9. The number of carbonyl (C=O) groups is 5. The van der Waals surface area contributed by atoms with Gasteiger partial charge in [-0.25, -0.2) is 0 Å². The van der Waals surface area contributed by atoms with Crippen LogP contribution in [0.1, 0.15) is 108 Å². The minimum atomic E-state index is -0.518. The minimum absolute atomic E-state index is 0.0934. The standard InChI is InChI=1S/C25H21N3O3S.C22H21N3O3S.C22H23N3O3S.C22H17N3O2S2.C21H19N3O2S/c1-31-21-13-19-17(24(28-27-19)23-11-16-9-5-6-10-22(16)32-23)12-18(21)25(30)26-20(14-29)15-7-3-2-4-8-15;1-27-18-11-17-15(10-16(18)22(26)23-12-14-6-4-8-28-14)21(25-24-17)20-9-13-5-2-3-7-19(13)29-20;1-12(2)17(11-26)23-22(27)15-9-14-16(10-18(15)28-3)24-25-21(14)20-8-13-6-4-5-7-19(13)29-20;1-27-18-11-17-15(10-16(18)22(26)23-12-14-6-4-8-28-14)21(25-24-17)20-9-13-5-2-3-7-19(13)29-20;1-26-17-10-16-14(9-15(17)21(25)22-11-12-6-7-12)20(24-23-16)19-8-13-4-2-3-5-18(13)27-19/h2-13,20,29H,14H2,1H3,(H,26,30)(H,27,28);2-3,5,7,9-11,14H,4,6,8,12H2,1H3,(H,23,26)(H,24,25);4-10,12,17,26H,11H2,1-3H3,(H,23,27)(H,24,25);2-11H,12H2,1H3,(H,23,26)(H,24,25);2-5,8-10,12H,6-7,11H2,1H3,(H,22,25)(H,23,24)/t20-;;17-;;/m1.1../s1. The molecular weight excluding hydrogens is 1960 g/mol. The van der Waals surface area contributed by atoms with Crippen LogP contribution in [-0.2, 0) is 11.3 Å². The van der Waals surface area contributed by atoms with Gasteiger partial charge in [0.1, 0.15) is 57.2 Å². The van der Waals surface area contributed by atoms with E-state index in [9.17, 15) is 34.2 Å². The van der Waals surface area contributed by atoms with Gasteiger partial charge < -0.3 is 65.2 Å². The molecule has 24 rings (SSSR count). The average Bonchev–Trinajstić information content (AvgIpc) is 1.62. The topological polar surface area (TPSA) is 385 Å². The zero-order valence-electron chi connectivity index (χ0n) is 80.4. The fourth-order valence-corrected chi connectivity index (χ4v) is 23.6. The van der Waals surface area contributed by atoms with Gasteiger partial charge in [0, 0.05) is 105 Å². The Balaban J connectivity index is 0.000000111. The first-order chi connectivity index (χ1) is 71.4. The molecule has 1 saturated heterocycles. The Hall–Kier alpha value is -15.5. The number of hydrogen-bond acceptors (Lipinski definition) is 24. The number of rotatable bonds is 27. The largest absolute Gasteiger partial charge is 0.496 e.